The van der Waals surface area contributed by atoms with Crippen LogP contribution in [0.4, 0.5) is 0 Å². The number of hydrogen-bond acceptors (Lipinski definition) is 4. The van der Waals surface area contributed by atoms with Gasteiger partial charge in [0.15, 0.2) is 17.5 Å². The van der Waals surface area contributed by atoms with Crippen LogP contribution in [0.25, 0.3) is 56.2 Å². The number of aromatic nitrogens is 4. The van der Waals surface area contributed by atoms with E-state index in [-0.39, 0.29) is 0 Å². The topological polar surface area (TPSA) is 51.6 Å². The molecule has 0 aliphatic rings. The lowest BCUT2D eigenvalue weighted by Gasteiger charge is -2.10. The molecular weight excluding hydrogens is 416 g/mol. The average molecular weight is 437 g/mol. The Labute approximate surface area is 197 Å². The molecule has 34 heavy (non-hydrogen) atoms. The molecule has 2 heterocycles. The number of rotatable bonds is 4. The number of pyridine rings is 1. The highest BCUT2D eigenvalue weighted by Crippen LogP contribution is 2.30. The van der Waals surface area contributed by atoms with Gasteiger partial charge in [0.05, 0.1) is 5.69 Å². The third kappa shape index (κ3) is 3.82. The minimum Gasteiger partial charge on any atom is -0.256 e. The van der Waals surface area contributed by atoms with Crippen molar-refractivity contribution >= 4 is 10.8 Å². The van der Waals surface area contributed by atoms with E-state index >= 15 is 0 Å². The maximum atomic E-state index is 4.85. The van der Waals surface area contributed by atoms with Gasteiger partial charge in [-0.3, -0.25) is 4.98 Å². The zero-order valence-corrected chi connectivity index (χ0v) is 18.3. The van der Waals surface area contributed by atoms with E-state index in [0.29, 0.717) is 17.5 Å². The van der Waals surface area contributed by atoms with E-state index in [1.54, 1.807) is 0 Å². The summed E-state index contributed by atoms with van der Waals surface area (Å²) < 4.78 is 0. The normalized spacial score (nSPS) is 10.9. The molecule has 0 atom stereocenters. The molecule has 0 aliphatic heterocycles. The van der Waals surface area contributed by atoms with Crippen LogP contribution >= 0.6 is 0 Å². The third-order valence-electron chi connectivity index (χ3n) is 5.77. The van der Waals surface area contributed by atoms with Gasteiger partial charge < -0.3 is 0 Å². The predicted molar refractivity (Wildman–Crippen MR) is 137 cm³/mol. The summed E-state index contributed by atoms with van der Waals surface area (Å²) in [6.45, 7) is 0. The van der Waals surface area contributed by atoms with Crippen molar-refractivity contribution in [3.8, 4) is 45.4 Å². The summed E-state index contributed by atoms with van der Waals surface area (Å²) in [5.74, 6) is 1.96. The van der Waals surface area contributed by atoms with E-state index in [4.69, 9.17) is 15.0 Å². The Hall–Kier alpha value is -4.70. The summed E-state index contributed by atoms with van der Waals surface area (Å²) in [6, 6.07) is 38.6. The molecule has 0 N–H and O–H groups in total. The molecule has 0 bridgehead atoms. The van der Waals surface area contributed by atoms with Crippen molar-refractivity contribution in [2.24, 2.45) is 0 Å². The SMILES string of the molecule is c1ccc(-c2nc(-c3ccccc3)nc(-c3ccc4c(-c5ccccc5)nccc4c3)n2)cc1. The summed E-state index contributed by atoms with van der Waals surface area (Å²) in [6.07, 6.45) is 1.85. The zero-order valence-electron chi connectivity index (χ0n) is 18.3. The molecule has 160 valence electrons. The van der Waals surface area contributed by atoms with E-state index in [1.807, 2.05) is 91.1 Å². The molecule has 4 heteroatoms. The van der Waals surface area contributed by atoms with Gasteiger partial charge in [-0.15, -0.1) is 0 Å². The highest BCUT2D eigenvalue weighted by Gasteiger charge is 2.13. The Balaban J connectivity index is 1.52. The lowest BCUT2D eigenvalue weighted by atomic mass is 10.0. The van der Waals surface area contributed by atoms with Crippen LogP contribution in [-0.2, 0) is 0 Å². The van der Waals surface area contributed by atoms with Crippen molar-refractivity contribution in [3.63, 3.8) is 0 Å². The first-order valence-corrected chi connectivity index (χ1v) is 11.2. The fraction of sp³-hybridized carbons (Fsp3) is 0. The number of fused-ring (bicyclic) bond motifs is 1. The van der Waals surface area contributed by atoms with E-state index in [0.717, 1.165) is 38.7 Å². The molecule has 0 unspecified atom stereocenters. The van der Waals surface area contributed by atoms with Crippen molar-refractivity contribution in [1.82, 2.24) is 19.9 Å². The van der Waals surface area contributed by atoms with Crippen LogP contribution in [0.3, 0.4) is 0 Å². The van der Waals surface area contributed by atoms with Crippen LogP contribution < -0.4 is 0 Å². The van der Waals surface area contributed by atoms with Gasteiger partial charge in [0.2, 0.25) is 0 Å². The predicted octanol–water partition coefficient (Wildman–Crippen LogP) is 7.09. The van der Waals surface area contributed by atoms with E-state index in [1.165, 1.54) is 0 Å². The molecule has 4 nitrogen and oxygen atoms in total. The van der Waals surface area contributed by atoms with Gasteiger partial charge in [0, 0.05) is 33.8 Å². The van der Waals surface area contributed by atoms with Crippen molar-refractivity contribution in [3.05, 3.63) is 121 Å². The molecule has 0 saturated carbocycles. The number of benzene rings is 4. The second-order valence-corrected chi connectivity index (χ2v) is 8.00. The Morgan fingerprint density at radius 1 is 0.412 bits per heavy atom. The van der Waals surface area contributed by atoms with Crippen molar-refractivity contribution in [1.29, 1.82) is 0 Å². The van der Waals surface area contributed by atoms with Gasteiger partial charge in [-0.05, 0) is 17.5 Å². The van der Waals surface area contributed by atoms with Gasteiger partial charge >= 0.3 is 0 Å². The summed E-state index contributed by atoms with van der Waals surface area (Å²) in [4.78, 5) is 19.1. The molecule has 0 amide bonds. The Kier molecular flexibility index (Phi) is 5.09. The quantitative estimate of drug-likeness (QED) is 0.296. The first-order valence-electron chi connectivity index (χ1n) is 11.2. The second-order valence-electron chi connectivity index (χ2n) is 8.00. The summed E-state index contributed by atoms with van der Waals surface area (Å²) in [5.41, 5.74) is 4.92. The maximum Gasteiger partial charge on any atom is 0.164 e. The van der Waals surface area contributed by atoms with E-state index in [9.17, 15) is 0 Å². The van der Waals surface area contributed by atoms with Gasteiger partial charge in [-0.2, -0.15) is 0 Å². The molecule has 6 rings (SSSR count). The highest BCUT2D eigenvalue weighted by molar-refractivity contribution is 5.96. The van der Waals surface area contributed by atoms with Crippen LogP contribution in [0.1, 0.15) is 0 Å². The first kappa shape index (κ1) is 19.9. The van der Waals surface area contributed by atoms with E-state index < -0.39 is 0 Å². The zero-order chi connectivity index (χ0) is 22.7. The monoisotopic (exact) mass is 436 g/mol. The molecule has 2 aromatic heterocycles. The van der Waals surface area contributed by atoms with Gasteiger partial charge in [-0.1, -0.05) is 103 Å². The second kappa shape index (κ2) is 8.68. The number of hydrogen-bond donors (Lipinski definition) is 0. The lowest BCUT2D eigenvalue weighted by Crippen LogP contribution is -2.00. The van der Waals surface area contributed by atoms with Crippen molar-refractivity contribution < 1.29 is 0 Å². The largest absolute Gasteiger partial charge is 0.256 e. The molecular formula is C30H20N4. The van der Waals surface area contributed by atoms with Crippen LogP contribution in [-0.4, -0.2) is 19.9 Å². The van der Waals surface area contributed by atoms with Crippen LogP contribution in [0, 0.1) is 0 Å². The Bertz CT molecular complexity index is 1520. The van der Waals surface area contributed by atoms with Crippen LogP contribution in [0.5, 0.6) is 0 Å². The minimum absolute atomic E-state index is 0.646. The summed E-state index contributed by atoms with van der Waals surface area (Å²) in [7, 11) is 0. The minimum atomic E-state index is 0.646. The summed E-state index contributed by atoms with van der Waals surface area (Å²) in [5, 5.41) is 2.19. The maximum absolute atomic E-state index is 4.85. The van der Waals surface area contributed by atoms with Gasteiger partial charge in [0.1, 0.15) is 0 Å². The molecule has 6 aromatic rings. The van der Waals surface area contributed by atoms with Gasteiger partial charge in [0.25, 0.3) is 0 Å². The highest BCUT2D eigenvalue weighted by atomic mass is 15.0. The van der Waals surface area contributed by atoms with Crippen LogP contribution in [0.2, 0.25) is 0 Å². The molecule has 0 fully saturated rings. The van der Waals surface area contributed by atoms with Gasteiger partial charge in [-0.25, -0.2) is 15.0 Å². The lowest BCUT2D eigenvalue weighted by molar-refractivity contribution is 1.07. The number of nitrogens with zero attached hydrogens (tertiary/aromatic N) is 4. The third-order valence-corrected chi connectivity index (χ3v) is 5.77. The average Bonchev–Trinajstić information content (AvgIpc) is 2.93. The van der Waals surface area contributed by atoms with Crippen molar-refractivity contribution in [2.75, 3.05) is 0 Å². The molecule has 4 aromatic carbocycles. The Morgan fingerprint density at radius 2 is 0.912 bits per heavy atom. The first-order chi connectivity index (χ1) is 16.8. The summed E-state index contributed by atoms with van der Waals surface area (Å²) >= 11 is 0. The molecule has 0 radical (unpaired) electrons. The standard InChI is InChI=1S/C30H20N4/c1-4-10-21(11-5-1)27-26-17-16-25(20-24(26)18-19-31-27)30-33-28(22-12-6-2-7-13-22)32-29(34-30)23-14-8-3-9-15-23/h1-20H. The molecule has 0 spiro atoms. The molecule has 0 saturated heterocycles. The van der Waals surface area contributed by atoms with E-state index in [2.05, 4.69) is 35.3 Å². The fourth-order valence-electron chi connectivity index (χ4n) is 4.08. The van der Waals surface area contributed by atoms with Crippen LogP contribution in [0.15, 0.2) is 121 Å². The fourth-order valence-corrected chi connectivity index (χ4v) is 4.08. The smallest absolute Gasteiger partial charge is 0.164 e. The molecule has 0 aliphatic carbocycles. The Morgan fingerprint density at radius 3 is 1.47 bits per heavy atom. The van der Waals surface area contributed by atoms with Crippen molar-refractivity contribution in [2.45, 2.75) is 0 Å².